The van der Waals surface area contributed by atoms with E-state index >= 15 is 0 Å². The number of halogens is 3. The van der Waals surface area contributed by atoms with Gasteiger partial charge in [-0.2, -0.15) is 13.2 Å². The van der Waals surface area contributed by atoms with E-state index in [-0.39, 0.29) is 5.92 Å². The lowest BCUT2D eigenvalue weighted by molar-refractivity contribution is -0.192. The van der Waals surface area contributed by atoms with Gasteiger partial charge in [0.25, 0.3) is 0 Å². The molecular weight excluding hydrogens is 415 g/mol. The Balaban J connectivity index is 0.000000592. The first kappa shape index (κ1) is 26.9. The molecule has 11 heteroatoms. The maximum absolute atomic E-state index is 12.7. The Morgan fingerprint density at radius 3 is 2.13 bits per heavy atom. The minimum absolute atomic E-state index is 0.217. The van der Waals surface area contributed by atoms with Crippen LogP contribution in [0.1, 0.15) is 64.1 Å². The summed E-state index contributed by atoms with van der Waals surface area (Å²) in [7, 11) is 4.07. The highest BCUT2D eigenvalue weighted by atomic mass is 19.4. The highest BCUT2D eigenvalue weighted by Crippen LogP contribution is 2.25. The van der Waals surface area contributed by atoms with Crippen molar-refractivity contribution in [2.24, 2.45) is 5.92 Å². The van der Waals surface area contributed by atoms with Crippen molar-refractivity contribution in [2.45, 2.75) is 71.1 Å². The van der Waals surface area contributed by atoms with E-state index in [9.17, 15) is 18.0 Å². The smallest absolute Gasteiger partial charge is 0.475 e. The van der Waals surface area contributed by atoms with Gasteiger partial charge in [0.1, 0.15) is 0 Å². The van der Waals surface area contributed by atoms with Crippen molar-refractivity contribution in [2.75, 3.05) is 27.2 Å². The Kier molecular flexibility index (Phi) is 10.9. The summed E-state index contributed by atoms with van der Waals surface area (Å²) in [6, 6.07) is 0.369. The van der Waals surface area contributed by atoms with Gasteiger partial charge in [-0.05, 0) is 39.8 Å². The standard InChI is InChI=1S/C18H33N5O.C2HF3O2/c1-5-7-15(8-6-2)18(24)22-11-9-17(10-12-22)23-14-16(19-20-23)13-21(3)4;3-2(4,5)1(6)7/h14-15,17H,5-13H2,1-4H3;(H,6,7). The number of rotatable bonds is 8. The number of alkyl halides is 3. The summed E-state index contributed by atoms with van der Waals surface area (Å²) in [4.78, 5) is 25.8. The number of carboxylic acids is 1. The summed E-state index contributed by atoms with van der Waals surface area (Å²) in [6.07, 6.45) is 3.12. The molecule has 0 aromatic carbocycles. The Hall–Kier alpha value is -2.17. The zero-order chi connectivity index (χ0) is 23.6. The lowest BCUT2D eigenvalue weighted by Crippen LogP contribution is -2.42. The maximum atomic E-state index is 12.7. The van der Waals surface area contributed by atoms with Crippen LogP contribution < -0.4 is 0 Å². The Labute approximate surface area is 181 Å². The number of nitrogens with zero attached hydrogens (tertiary/aromatic N) is 5. The van der Waals surface area contributed by atoms with Crippen LogP contribution in [0, 0.1) is 5.92 Å². The van der Waals surface area contributed by atoms with Crippen LogP contribution in [0.3, 0.4) is 0 Å². The van der Waals surface area contributed by atoms with Gasteiger partial charge in [-0.15, -0.1) is 5.10 Å². The molecule has 8 nitrogen and oxygen atoms in total. The molecule has 0 unspecified atom stereocenters. The van der Waals surface area contributed by atoms with Gasteiger partial charge in [0.05, 0.1) is 17.9 Å². The predicted octanol–water partition coefficient (Wildman–Crippen LogP) is 3.35. The number of hydrogen-bond donors (Lipinski definition) is 1. The van der Waals surface area contributed by atoms with Gasteiger partial charge in [-0.1, -0.05) is 31.9 Å². The molecule has 1 amide bonds. The number of carbonyl (C=O) groups is 2. The summed E-state index contributed by atoms with van der Waals surface area (Å²) >= 11 is 0. The minimum atomic E-state index is -5.08. The molecule has 0 atom stereocenters. The lowest BCUT2D eigenvalue weighted by Gasteiger charge is -2.34. The van der Waals surface area contributed by atoms with Crippen LogP contribution in [0.4, 0.5) is 13.2 Å². The molecule has 0 bridgehead atoms. The molecule has 0 saturated carbocycles. The van der Waals surface area contributed by atoms with Gasteiger partial charge in [-0.25, -0.2) is 9.48 Å². The molecule has 2 heterocycles. The van der Waals surface area contributed by atoms with E-state index in [1.54, 1.807) is 0 Å². The van der Waals surface area contributed by atoms with Crippen molar-refractivity contribution in [1.82, 2.24) is 24.8 Å². The van der Waals surface area contributed by atoms with Crippen LogP contribution in [0.25, 0.3) is 0 Å². The van der Waals surface area contributed by atoms with Crippen LogP contribution in [-0.4, -0.2) is 75.1 Å². The van der Waals surface area contributed by atoms with Crippen molar-refractivity contribution >= 4 is 11.9 Å². The second kappa shape index (κ2) is 12.6. The van der Waals surface area contributed by atoms with E-state index in [0.717, 1.165) is 63.9 Å². The van der Waals surface area contributed by atoms with Crippen molar-refractivity contribution in [3.8, 4) is 0 Å². The zero-order valence-corrected chi connectivity index (χ0v) is 18.7. The molecule has 1 aliphatic rings. The monoisotopic (exact) mass is 449 g/mol. The third kappa shape index (κ3) is 9.24. The number of hydrogen-bond acceptors (Lipinski definition) is 5. The van der Waals surface area contributed by atoms with Gasteiger partial charge < -0.3 is 14.9 Å². The van der Waals surface area contributed by atoms with Crippen LogP contribution in [0.5, 0.6) is 0 Å². The maximum Gasteiger partial charge on any atom is 0.490 e. The van der Waals surface area contributed by atoms with Gasteiger partial charge in [0.15, 0.2) is 0 Å². The van der Waals surface area contributed by atoms with E-state index in [4.69, 9.17) is 9.90 Å². The van der Waals surface area contributed by atoms with Crippen molar-refractivity contribution < 1.29 is 27.9 Å². The number of amides is 1. The van der Waals surface area contributed by atoms with Gasteiger partial charge in [0.2, 0.25) is 5.91 Å². The molecule has 1 aromatic rings. The molecule has 178 valence electrons. The van der Waals surface area contributed by atoms with E-state index in [1.165, 1.54) is 0 Å². The zero-order valence-electron chi connectivity index (χ0n) is 18.7. The van der Waals surface area contributed by atoms with Gasteiger partial charge in [-0.3, -0.25) is 4.79 Å². The van der Waals surface area contributed by atoms with E-state index in [0.29, 0.717) is 11.9 Å². The molecule has 0 aliphatic carbocycles. The number of carbonyl (C=O) groups excluding carboxylic acids is 1. The lowest BCUT2D eigenvalue weighted by atomic mass is 9.95. The summed E-state index contributed by atoms with van der Waals surface area (Å²) in [5.74, 6) is -2.17. The number of aliphatic carboxylic acids is 1. The first-order valence-corrected chi connectivity index (χ1v) is 10.6. The fraction of sp³-hybridized carbons (Fsp3) is 0.800. The number of piperidine rings is 1. The molecule has 2 rings (SSSR count). The number of likely N-dealkylation sites (tertiary alicyclic amines) is 1. The van der Waals surface area contributed by atoms with Crippen LogP contribution in [-0.2, 0) is 16.1 Å². The fourth-order valence-corrected chi connectivity index (χ4v) is 3.59. The van der Waals surface area contributed by atoms with Gasteiger partial charge >= 0.3 is 12.1 Å². The molecule has 1 saturated heterocycles. The molecule has 1 aromatic heterocycles. The van der Waals surface area contributed by atoms with Crippen LogP contribution in [0.15, 0.2) is 6.20 Å². The fourth-order valence-electron chi connectivity index (χ4n) is 3.59. The number of aromatic nitrogens is 3. The summed E-state index contributed by atoms with van der Waals surface area (Å²) in [5, 5.41) is 15.7. The van der Waals surface area contributed by atoms with Crippen LogP contribution in [0.2, 0.25) is 0 Å². The van der Waals surface area contributed by atoms with Crippen molar-refractivity contribution in [3.63, 3.8) is 0 Å². The summed E-state index contributed by atoms with van der Waals surface area (Å²) in [6.45, 7) is 6.83. The van der Waals surface area contributed by atoms with E-state index < -0.39 is 12.1 Å². The first-order valence-electron chi connectivity index (χ1n) is 10.6. The summed E-state index contributed by atoms with van der Waals surface area (Å²) < 4.78 is 33.7. The first-order chi connectivity index (χ1) is 14.5. The average Bonchev–Trinajstić information content (AvgIpc) is 3.15. The molecule has 1 N–H and O–H groups in total. The van der Waals surface area contributed by atoms with Crippen molar-refractivity contribution in [3.05, 3.63) is 11.9 Å². The minimum Gasteiger partial charge on any atom is -0.475 e. The summed E-state index contributed by atoms with van der Waals surface area (Å²) in [5.41, 5.74) is 1.00. The molecule has 1 aliphatic heterocycles. The highest BCUT2D eigenvalue weighted by molar-refractivity contribution is 5.78. The topological polar surface area (TPSA) is 91.6 Å². The SMILES string of the molecule is CCCC(CCC)C(=O)N1CCC(n2cc(CN(C)C)nn2)CC1.O=C(O)C(F)(F)F. The van der Waals surface area contributed by atoms with E-state index in [2.05, 4.69) is 40.2 Å². The Morgan fingerprint density at radius 2 is 1.71 bits per heavy atom. The number of carboxylic acid groups (broad SMARTS) is 1. The second-order valence-electron chi connectivity index (χ2n) is 8.06. The molecule has 0 radical (unpaired) electrons. The molecule has 0 spiro atoms. The second-order valence-corrected chi connectivity index (χ2v) is 8.06. The molecular formula is C20H34F3N5O3. The third-order valence-corrected chi connectivity index (χ3v) is 5.05. The van der Waals surface area contributed by atoms with E-state index in [1.807, 2.05) is 18.8 Å². The Morgan fingerprint density at radius 1 is 1.19 bits per heavy atom. The average molecular weight is 450 g/mol. The third-order valence-electron chi connectivity index (χ3n) is 5.05. The normalized spacial score (nSPS) is 15.2. The molecule has 1 fully saturated rings. The van der Waals surface area contributed by atoms with Crippen molar-refractivity contribution in [1.29, 1.82) is 0 Å². The predicted molar refractivity (Wildman–Crippen MR) is 109 cm³/mol. The Bertz CT molecular complexity index is 680. The molecule has 31 heavy (non-hydrogen) atoms. The largest absolute Gasteiger partial charge is 0.490 e. The van der Waals surface area contributed by atoms with Crippen LogP contribution >= 0.6 is 0 Å². The quantitative estimate of drug-likeness (QED) is 0.655. The van der Waals surface area contributed by atoms with Gasteiger partial charge in [0, 0.05) is 25.6 Å². The highest BCUT2D eigenvalue weighted by Gasteiger charge is 2.38.